The normalized spacial score (nSPS) is 17.4. The Bertz CT molecular complexity index is 997. The summed E-state index contributed by atoms with van der Waals surface area (Å²) >= 11 is 1.36. The number of hydrogen-bond donors (Lipinski definition) is 1. The van der Waals surface area contributed by atoms with Crippen LogP contribution in [-0.2, 0) is 17.4 Å². The van der Waals surface area contributed by atoms with Crippen LogP contribution in [0.25, 0.3) is 5.57 Å². The highest BCUT2D eigenvalue weighted by Gasteiger charge is 2.31. The second kappa shape index (κ2) is 9.47. The number of aliphatic hydroxyl groups excluding tert-OH is 1. The van der Waals surface area contributed by atoms with Gasteiger partial charge in [-0.15, -0.1) is 11.8 Å². The van der Waals surface area contributed by atoms with Crippen molar-refractivity contribution in [1.82, 2.24) is 4.98 Å². The molecule has 3 nitrogen and oxygen atoms in total. The summed E-state index contributed by atoms with van der Waals surface area (Å²) in [7, 11) is 0. The highest BCUT2D eigenvalue weighted by atomic mass is 32.2. The van der Waals surface area contributed by atoms with Crippen LogP contribution in [0.1, 0.15) is 54.0 Å². The molecule has 0 bridgehead atoms. The van der Waals surface area contributed by atoms with Crippen molar-refractivity contribution in [1.29, 1.82) is 0 Å². The van der Waals surface area contributed by atoms with E-state index >= 15 is 0 Å². The van der Waals surface area contributed by atoms with E-state index in [0.29, 0.717) is 35.6 Å². The summed E-state index contributed by atoms with van der Waals surface area (Å²) < 4.78 is 37.9. The molecule has 0 fully saturated rings. The molecular formula is C24H26F3NO2S. The maximum atomic E-state index is 12.9. The molecule has 31 heavy (non-hydrogen) atoms. The van der Waals surface area contributed by atoms with Gasteiger partial charge in [0, 0.05) is 19.0 Å². The second-order valence-corrected chi connectivity index (χ2v) is 9.12. The molecule has 1 aliphatic carbocycles. The van der Waals surface area contributed by atoms with Crippen LogP contribution in [0.4, 0.5) is 13.2 Å². The molecule has 0 radical (unpaired) electrons. The number of hydrogen-bond acceptors (Lipinski definition) is 4. The molecule has 0 amide bonds. The Hall–Kier alpha value is -2.28. The number of carbonyl (C=O) groups is 1. The van der Waals surface area contributed by atoms with Crippen LogP contribution in [0.5, 0.6) is 0 Å². The first-order valence-corrected chi connectivity index (χ1v) is 11.3. The number of halogens is 3. The zero-order valence-corrected chi connectivity index (χ0v) is 18.7. The third-order valence-electron chi connectivity index (χ3n) is 5.56. The Kier molecular flexibility index (Phi) is 7.14. The molecule has 1 unspecified atom stereocenters. The summed E-state index contributed by atoms with van der Waals surface area (Å²) in [6, 6.07) is 6.48. The molecule has 1 aromatic heterocycles. The van der Waals surface area contributed by atoms with Gasteiger partial charge in [-0.3, -0.25) is 4.79 Å². The van der Waals surface area contributed by atoms with Crippen LogP contribution in [0.2, 0.25) is 0 Å². The fraction of sp³-hybridized carbons (Fsp3) is 0.417. The first kappa shape index (κ1) is 23.4. The van der Waals surface area contributed by atoms with Crippen molar-refractivity contribution in [3.63, 3.8) is 0 Å². The van der Waals surface area contributed by atoms with Crippen LogP contribution in [0, 0.1) is 19.8 Å². The lowest BCUT2D eigenvalue weighted by atomic mass is 9.80. The second-order valence-electron chi connectivity index (χ2n) is 8.01. The standard InChI is InChI=1S/C24H26F3NO2S/c1-4-17-10-14(2)9-15(3)22(17)23-19(29)11-16(12-20(23)30)7-8-31-21-6-5-18(13-28-21)24(25,26)27/h5-6,9-10,13,16,29H,4,7-8,11-12H2,1-3H3. The first-order valence-electron chi connectivity index (χ1n) is 10.3. The van der Waals surface area contributed by atoms with Crippen molar-refractivity contribution in [3.05, 3.63) is 64.0 Å². The van der Waals surface area contributed by atoms with E-state index in [1.807, 2.05) is 26.8 Å². The number of aromatic nitrogens is 1. The number of allylic oxidation sites excluding steroid dienone is 2. The summed E-state index contributed by atoms with van der Waals surface area (Å²) in [4.78, 5) is 16.8. The molecule has 3 rings (SSSR count). The minimum atomic E-state index is -4.40. The maximum Gasteiger partial charge on any atom is 0.417 e. The summed E-state index contributed by atoms with van der Waals surface area (Å²) in [5, 5.41) is 11.2. The molecule has 2 aromatic rings. The van der Waals surface area contributed by atoms with Crippen molar-refractivity contribution in [3.8, 4) is 0 Å². The Labute approximate surface area is 184 Å². The van der Waals surface area contributed by atoms with Crippen LogP contribution in [-0.4, -0.2) is 21.6 Å². The van der Waals surface area contributed by atoms with E-state index in [0.717, 1.165) is 40.9 Å². The molecular weight excluding hydrogens is 423 g/mol. The van der Waals surface area contributed by atoms with Crippen molar-refractivity contribution in [2.75, 3.05) is 5.75 Å². The predicted octanol–water partition coefficient (Wildman–Crippen LogP) is 6.71. The van der Waals surface area contributed by atoms with Gasteiger partial charge < -0.3 is 5.11 Å². The Morgan fingerprint density at radius 2 is 1.94 bits per heavy atom. The molecule has 7 heteroatoms. The SMILES string of the molecule is CCc1cc(C)cc(C)c1C1=C(O)CC(CCSc2ccc(C(F)(F)F)cn2)CC1=O. The van der Waals surface area contributed by atoms with Gasteiger partial charge in [0.1, 0.15) is 5.76 Å². The van der Waals surface area contributed by atoms with Gasteiger partial charge in [-0.2, -0.15) is 13.2 Å². The average molecular weight is 450 g/mol. The van der Waals surface area contributed by atoms with E-state index in [1.165, 1.54) is 17.8 Å². The van der Waals surface area contributed by atoms with Crippen molar-refractivity contribution < 1.29 is 23.1 Å². The summed E-state index contributed by atoms with van der Waals surface area (Å²) in [6.07, 6.45) is -1.32. The number of pyridine rings is 1. The van der Waals surface area contributed by atoms with Gasteiger partial charge in [0.15, 0.2) is 5.78 Å². The van der Waals surface area contributed by atoms with Crippen molar-refractivity contribution >= 4 is 23.1 Å². The molecule has 1 aromatic carbocycles. The number of ketones is 1. The van der Waals surface area contributed by atoms with Crippen molar-refractivity contribution in [2.24, 2.45) is 5.92 Å². The fourth-order valence-electron chi connectivity index (χ4n) is 4.12. The fourth-order valence-corrected chi connectivity index (χ4v) is 5.07. The summed E-state index contributed by atoms with van der Waals surface area (Å²) in [5.74, 6) is 0.713. The van der Waals surface area contributed by atoms with E-state index in [9.17, 15) is 23.1 Å². The van der Waals surface area contributed by atoms with Gasteiger partial charge in [-0.25, -0.2) is 4.98 Å². The molecule has 1 atom stereocenters. The van der Waals surface area contributed by atoms with Gasteiger partial charge in [-0.1, -0.05) is 24.6 Å². The van der Waals surface area contributed by atoms with Crippen molar-refractivity contribution in [2.45, 2.75) is 57.7 Å². The third kappa shape index (κ3) is 5.50. The number of aryl methyl sites for hydroxylation is 3. The van der Waals surface area contributed by atoms with E-state index < -0.39 is 11.7 Å². The monoisotopic (exact) mass is 449 g/mol. The van der Waals surface area contributed by atoms with Gasteiger partial charge in [0.05, 0.1) is 16.2 Å². The van der Waals surface area contributed by atoms with Crippen LogP contribution >= 0.6 is 11.8 Å². The molecule has 166 valence electrons. The molecule has 1 heterocycles. The molecule has 0 saturated heterocycles. The number of alkyl halides is 3. The molecule has 0 aliphatic heterocycles. The van der Waals surface area contributed by atoms with E-state index in [1.54, 1.807) is 0 Å². The molecule has 1 aliphatic rings. The minimum Gasteiger partial charge on any atom is -0.512 e. The Balaban J connectivity index is 1.66. The quantitative estimate of drug-likeness (QED) is 0.498. The topological polar surface area (TPSA) is 50.2 Å². The minimum absolute atomic E-state index is 0.00836. The lowest BCUT2D eigenvalue weighted by Gasteiger charge is -2.25. The van der Waals surface area contributed by atoms with Gasteiger partial charge in [0.25, 0.3) is 0 Å². The van der Waals surface area contributed by atoms with Crippen LogP contribution in [0.3, 0.4) is 0 Å². The molecule has 0 spiro atoms. The van der Waals surface area contributed by atoms with Gasteiger partial charge in [-0.05, 0) is 67.2 Å². The molecule has 0 saturated carbocycles. The van der Waals surface area contributed by atoms with E-state index in [2.05, 4.69) is 11.1 Å². The Morgan fingerprint density at radius 3 is 2.52 bits per heavy atom. The third-order valence-corrected chi connectivity index (χ3v) is 6.53. The highest BCUT2D eigenvalue weighted by Crippen LogP contribution is 2.37. The lowest BCUT2D eigenvalue weighted by Crippen LogP contribution is -2.20. The highest BCUT2D eigenvalue weighted by molar-refractivity contribution is 7.99. The van der Waals surface area contributed by atoms with E-state index in [4.69, 9.17) is 0 Å². The maximum absolute atomic E-state index is 12.9. The number of aliphatic hydroxyl groups is 1. The zero-order chi connectivity index (χ0) is 22.8. The Morgan fingerprint density at radius 1 is 1.19 bits per heavy atom. The number of Topliss-reactive ketones (excluding diaryl/α,β-unsaturated/α-hetero) is 1. The summed E-state index contributed by atoms with van der Waals surface area (Å²) in [5.41, 5.74) is 3.73. The number of nitrogens with zero attached hydrogens (tertiary/aromatic N) is 1. The van der Waals surface area contributed by atoms with Gasteiger partial charge in [0.2, 0.25) is 0 Å². The lowest BCUT2D eigenvalue weighted by molar-refractivity contribution is -0.137. The zero-order valence-electron chi connectivity index (χ0n) is 17.8. The van der Waals surface area contributed by atoms with Crippen LogP contribution in [0.15, 0.2) is 41.2 Å². The first-order chi connectivity index (χ1) is 14.6. The number of carbonyl (C=O) groups excluding carboxylic acids is 1. The van der Waals surface area contributed by atoms with Crippen LogP contribution < -0.4 is 0 Å². The number of rotatable bonds is 6. The largest absolute Gasteiger partial charge is 0.512 e. The average Bonchev–Trinajstić information content (AvgIpc) is 2.68. The molecule has 1 N–H and O–H groups in total. The van der Waals surface area contributed by atoms with E-state index in [-0.39, 0.29) is 17.5 Å². The number of benzene rings is 1. The van der Waals surface area contributed by atoms with Gasteiger partial charge >= 0.3 is 6.18 Å². The predicted molar refractivity (Wildman–Crippen MR) is 117 cm³/mol. The smallest absolute Gasteiger partial charge is 0.417 e. The number of thioether (sulfide) groups is 1. The summed E-state index contributed by atoms with van der Waals surface area (Å²) in [6.45, 7) is 6.03.